The molecule has 2 aliphatic heterocycles. The molecule has 0 aromatic heterocycles. The normalized spacial score (nSPS) is 27.3. The SMILES string of the molecule is CCCN1CC2N(C(=O)[C@H]3CC[C@H](C(=O)O)CC3)CCC2(Cc2ccc(F)cc2)c2ccc(C(C)(F)C(F)(F)F)cc21. The topological polar surface area (TPSA) is 60.9 Å². The lowest BCUT2D eigenvalue weighted by molar-refractivity contribution is -0.228. The van der Waals surface area contributed by atoms with Gasteiger partial charge in [-0.25, -0.2) is 8.78 Å². The highest BCUT2D eigenvalue weighted by Gasteiger charge is 2.57. The summed E-state index contributed by atoms with van der Waals surface area (Å²) in [6.45, 7) is 3.82. The molecule has 2 aromatic rings. The molecule has 2 fully saturated rings. The largest absolute Gasteiger partial charge is 0.481 e. The highest BCUT2D eigenvalue weighted by atomic mass is 19.4. The first kappa shape index (κ1) is 30.3. The number of carbonyl (C=O) groups is 2. The van der Waals surface area contributed by atoms with Crippen molar-refractivity contribution >= 4 is 17.6 Å². The summed E-state index contributed by atoms with van der Waals surface area (Å²) in [6, 6.07) is 9.93. The van der Waals surface area contributed by atoms with E-state index in [1.54, 1.807) is 18.2 Å². The van der Waals surface area contributed by atoms with Gasteiger partial charge in [-0.2, -0.15) is 13.2 Å². The molecule has 0 radical (unpaired) electrons. The van der Waals surface area contributed by atoms with Crippen molar-refractivity contribution in [3.05, 3.63) is 65.0 Å². The number of aliphatic carboxylic acids is 1. The number of carboxylic acid groups (broad SMARTS) is 1. The van der Waals surface area contributed by atoms with Crippen molar-refractivity contribution in [2.45, 2.75) is 82.1 Å². The smallest absolute Gasteiger partial charge is 0.426 e. The van der Waals surface area contributed by atoms with Gasteiger partial charge >= 0.3 is 12.1 Å². The number of fused-ring (bicyclic) bond motifs is 3. The summed E-state index contributed by atoms with van der Waals surface area (Å²) in [5.41, 5.74) is -2.53. The van der Waals surface area contributed by atoms with Gasteiger partial charge in [0.15, 0.2) is 0 Å². The van der Waals surface area contributed by atoms with Crippen LogP contribution in [-0.4, -0.2) is 53.7 Å². The number of rotatable bonds is 7. The lowest BCUT2D eigenvalue weighted by atomic mass is 9.66. The molecule has 1 aliphatic carbocycles. The molecule has 3 atom stereocenters. The third-order valence-corrected chi connectivity index (χ3v) is 9.79. The maximum atomic E-state index is 15.1. The van der Waals surface area contributed by atoms with Crippen LogP contribution >= 0.6 is 0 Å². The molecule has 228 valence electrons. The van der Waals surface area contributed by atoms with Crippen LogP contribution in [0.4, 0.5) is 27.6 Å². The van der Waals surface area contributed by atoms with E-state index in [-0.39, 0.29) is 23.7 Å². The van der Waals surface area contributed by atoms with Gasteiger partial charge < -0.3 is 14.9 Å². The minimum Gasteiger partial charge on any atom is -0.481 e. The number of carbonyl (C=O) groups excluding carboxylic acids is 1. The third-order valence-electron chi connectivity index (χ3n) is 9.79. The summed E-state index contributed by atoms with van der Waals surface area (Å²) in [5, 5.41) is 9.40. The molecular weight excluding hydrogens is 555 g/mol. The van der Waals surface area contributed by atoms with Crippen LogP contribution in [0.2, 0.25) is 0 Å². The van der Waals surface area contributed by atoms with E-state index in [1.807, 2.05) is 16.7 Å². The van der Waals surface area contributed by atoms with Gasteiger partial charge in [0.05, 0.1) is 12.0 Å². The molecule has 2 heterocycles. The van der Waals surface area contributed by atoms with E-state index >= 15 is 4.39 Å². The van der Waals surface area contributed by atoms with Crippen molar-refractivity contribution in [3.63, 3.8) is 0 Å². The number of amides is 1. The molecule has 42 heavy (non-hydrogen) atoms. The minimum absolute atomic E-state index is 0.0188. The van der Waals surface area contributed by atoms with Crippen LogP contribution in [0.3, 0.4) is 0 Å². The van der Waals surface area contributed by atoms with Crippen molar-refractivity contribution in [2.75, 3.05) is 24.5 Å². The first-order chi connectivity index (χ1) is 19.8. The molecule has 1 saturated heterocycles. The summed E-state index contributed by atoms with van der Waals surface area (Å²) >= 11 is 0. The van der Waals surface area contributed by atoms with Crippen LogP contribution in [0.5, 0.6) is 0 Å². The van der Waals surface area contributed by atoms with Crippen molar-refractivity contribution in [2.24, 2.45) is 11.8 Å². The molecule has 5 nitrogen and oxygen atoms in total. The fraction of sp³-hybridized carbons (Fsp3) is 0.562. The fourth-order valence-electron chi connectivity index (χ4n) is 7.34. The van der Waals surface area contributed by atoms with Gasteiger partial charge in [0.2, 0.25) is 11.6 Å². The second-order valence-electron chi connectivity index (χ2n) is 12.3. The first-order valence-corrected chi connectivity index (χ1v) is 14.7. The van der Waals surface area contributed by atoms with Crippen molar-refractivity contribution < 1.29 is 36.6 Å². The fourth-order valence-corrected chi connectivity index (χ4v) is 7.34. The summed E-state index contributed by atoms with van der Waals surface area (Å²) in [4.78, 5) is 29.3. The Bertz CT molecular complexity index is 1320. The number of likely N-dealkylation sites (tertiary alicyclic amines) is 1. The van der Waals surface area contributed by atoms with E-state index in [4.69, 9.17) is 0 Å². The zero-order valence-electron chi connectivity index (χ0n) is 23.9. The zero-order chi connectivity index (χ0) is 30.4. The number of nitrogens with zero attached hydrogens (tertiary/aromatic N) is 2. The molecule has 5 rings (SSSR count). The second kappa shape index (κ2) is 11.2. The standard InChI is InChI=1S/C32H37F5N2O3/c1-3-15-38-19-27-31(18-20-4-11-24(33)12-5-20,25-13-10-23(17-26(25)38)30(2,34)32(35,36)37)14-16-39(27)28(40)21-6-8-22(9-7-21)29(41)42/h4-5,10-13,17,21-22,27H,3,6-9,14-16,18-19H2,1-2H3,(H,41,42)/t21-,22-,27?,30?,31?. The average Bonchev–Trinajstić information content (AvgIpc) is 3.32. The number of alkyl halides is 4. The molecule has 2 aromatic carbocycles. The third kappa shape index (κ3) is 5.26. The van der Waals surface area contributed by atoms with Gasteiger partial charge in [-0.15, -0.1) is 0 Å². The maximum Gasteiger partial charge on any atom is 0.426 e. The Labute approximate surface area is 242 Å². The summed E-state index contributed by atoms with van der Waals surface area (Å²) < 4.78 is 70.0. The van der Waals surface area contributed by atoms with Gasteiger partial charge in [-0.05, 0) is 81.2 Å². The van der Waals surface area contributed by atoms with Gasteiger partial charge in [-0.3, -0.25) is 9.59 Å². The van der Waals surface area contributed by atoms with E-state index in [0.717, 1.165) is 11.1 Å². The Morgan fingerprint density at radius 2 is 1.64 bits per heavy atom. The van der Waals surface area contributed by atoms with Gasteiger partial charge in [0.1, 0.15) is 5.82 Å². The van der Waals surface area contributed by atoms with E-state index < -0.39 is 34.7 Å². The quantitative estimate of drug-likeness (QED) is 0.361. The number of carboxylic acids is 1. The Morgan fingerprint density at radius 1 is 1.00 bits per heavy atom. The predicted molar refractivity (Wildman–Crippen MR) is 148 cm³/mol. The number of halogens is 5. The van der Waals surface area contributed by atoms with Crippen LogP contribution in [-0.2, 0) is 27.1 Å². The van der Waals surface area contributed by atoms with E-state index in [0.29, 0.717) is 77.2 Å². The number of hydrogen-bond acceptors (Lipinski definition) is 3. The second-order valence-corrected chi connectivity index (χ2v) is 12.3. The van der Waals surface area contributed by atoms with E-state index in [9.17, 15) is 32.3 Å². The average molecular weight is 593 g/mol. The Kier molecular flexibility index (Phi) is 8.04. The Balaban J connectivity index is 1.57. The van der Waals surface area contributed by atoms with Crippen LogP contribution in [0.25, 0.3) is 0 Å². The van der Waals surface area contributed by atoms with Crippen molar-refractivity contribution in [3.8, 4) is 0 Å². The van der Waals surface area contributed by atoms with Crippen LogP contribution < -0.4 is 4.90 Å². The predicted octanol–water partition coefficient (Wildman–Crippen LogP) is 6.78. The highest BCUT2D eigenvalue weighted by molar-refractivity contribution is 5.81. The lowest BCUT2D eigenvalue weighted by Crippen LogP contribution is -2.57. The molecule has 1 amide bonds. The Morgan fingerprint density at radius 3 is 2.24 bits per heavy atom. The minimum atomic E-state index is -5.09. The molecular formula is C32H37F5N2O3. The van der Waals surface area contributed by atoms with Crippen molar-refractivity contribution in [1.29, 1.82) is 0 Å². The highest BCUT2D eigenvalue weighted by Crippen LogP contribution is 2.53. The van der Waals surface area contributed by atoms with Crippen molar-refractivity contribution in [1.82, 2.24) is 4.90 Å². The summed E-state index contributed by atoms with van der Waals surface area (Å²) in [5.74, 6) is -1.97. The molecule has 0 spiro atoms. The van der Waals surface area contributed by atoms with Crippen LogP contribution in [0.1, 0.15) is 69.1 Å². The monoisotopic (exact) mass is 592 g/mol. The molecule has 1 N–H and O–H groups in total. The molecule has 3 unspecified atom stereocenters. The number of anilines is 1. The van der Waals surface area contributed by atoms with Crippen LogP contribution in [0.15, 0.2) is 42.5 Å². The van der Waals surface area contributed by atoms with Crippen LogP contribution in [0, 0.1) is 17.7 Å². The molecule has 3 aliphatic rings. The summed E-state index contributed by atoms with van der Waals surface area (Å²) in [6.07, 6.45) is -1.53. The van der Waals surface area contributed by atoms with E-state index in [2.05, 4.69) is 0 Å². The van der Waals surface area contributed by atoms with Gasteiger partial charge in [0.25, 0.3) is 0 Å². The Hall–Kier alpha value is -3.17. The number of hydrogen-bond donors (Lipinski definition) is 1. The number of benzene rings is 2. The van der Waals surface area contributed by atoms with E-state index in [1.165, 1.54) is 24.3 Å². The van der Waals surface area contributed by atoms with Gasteiger partial charge in [0, 0.05) is 42.2 Å². The zero-order valence-corrected chi connectivity index (χ0v) is 23.9. The first-order valence-electron chi connectivity index (χ1n) is 14.7. The lowest BCUT2D eigenvalue weighted by Gasteiger charge is -2.49. The molecule has 10 heteroatoms. The molecule has 1 saturated carbocycles. The van der Waals surface area contributed by atoms with Gasteiger partial charge in [-0.1, -0.05) is 31.2 Å². The maximum absolute atomic E-state index is 15.1. The summed E-state index contributed by atoms with van der Waals surface area (Å²) in [7, 11) is 0. The molecule has 0 bridgehead atoms.